The van der Waals surface area contributed by atoms with Gasteiger partial charge >= 0.3 is 5.97 Å². The van der Waals surface area contributed by atoms with E-state index in [0.717, 1.165) is 42.8 Å². The van der Waals surface area contributed by atoms with E-state index in [1.54, 1.807) is 0 Å². The molecule has 0 aromatic heterocycles. The number of hydrogen-bond acceptors (Lipinski definition) is 4. The number of carboxylic acid groups (broad SMARTS) is 1. The van der Waals surface area contributed by atoms with Gasteiger partial charge in [-0.2, -0.15) is 0 Å². The molecular weight excluding hydrogens is 509 g/mol. The van der Waals surface area contributed by atoms with Gasteiger partial charge in [0.25, 0.3) is 0 Å². The van der Waals surface area contributed by atoms with Crippen LogP contribution in [0.5, 0.6) is 0 Å². The van der Waals surface area contributed by atoms with Gasteiger partial charge in [0.05, 0.1) is 28.9 Å². The quantitative estimate of drug-likeness (QED) is 0.342. The second kappa shape index (κ2) is 12.0. The Kier molecular flexibility index (Phi) is 9.23. The number of aliphatic carboxylic acids is 1. The number of likely N-dealkylation sites (tertiary alicyclic amines) is 1. The van der Waals surface area contributed by atoms with E-state index < -0.39 is 12.1 Å². The molecule has 0 radical (unpaired) electrons. The second-order valence-corrected chi connectivity index (χ2v) is 11.2. The SMILES string of the molecule is CCC(OCC(O)CN1CCCC1Cc1ccc(Cl)c(Cl)c1)C1=CC=C(Cl)C2C(CCC(=O)O)C12. The summed E-state index contributed by atoms with van der Waals surface area (Å²) in [5.74, 6) is -0.0450. The molecule has 2 fully saturated rings. The van der Waals surface area contributed by atoms with Crippen LogP contribution < -0.4 is 0 Å². The summed E-state index contributed by atoms with van der Waals surface area (Å²) >= 11 is 18.6. The number of carboxylic acids is 1. The van der Waals surface area contributed by atoms with E-state index in [1.807, 2.05) is 30.4 Å². The maximum Gasteiger partial charge on any atom is 0.303 e. The largest absolute Gasteiger partial charge is 0.481 e. The van der Waals surface area contributed by atoms with Gasteiger partial charge in [-0.05, 0) is 79.8 Å². The molecule has 0 spiro atoms. The minimum absolute atomic E-state index is 0.0985. The van der Waals surface area contributed by atoms with E-state index in [1.165, 1.54) is 5.57 Å². The molecule has 3 aliphatic rings. The van der Waals surface area contributed by atoms with Crippen LogP contribution in [0.1, 0.15) is 44.6 Å². The Labute approximate surface area is 222 Å². The van der Waals surface area contributed by atoms with Crippen LogP contribution in [0.25, 0.3) is 0 Å². The van der Waals surface area contributed by atoms with E-state index in [4.69, 9.17) is 44.6 Å². The number of aliphatic hydroxyl groups excluding tert-OH is 1. The van der Waals surface area contributed by atoms with Crippen molar-refractivity contribution in [1.29, 1.82) is 0 Å². The van der Waals surface area contributed by atoms with Crippen LogP contribution in [0.3, 0.4) is 0 Å². The highest BCUT2D eigenvalue weighted by molar-refractivity contribution is 6.42. The van der Waals surface area contributed by atoms with Crippen molar-refractivity contribution in [3.05, 3.63) is 56.6 Å². The number of carbonyl (C=O) groups is 1. The summed E-state index contributed by atoms with van der Waals surface area (Å²) in [6.07, 6.45) is 7.94. The first-order chi connectivity index (χ1) is 16.8. The topological polar surface area (TPSA) is 70.0 Å². The normalized spacial score (nSPS) is 27.7. The molecule has 1 saturated carbocycles. The van der Waals surface area contributed by atoms with Gasteiger partial charge in [0.1, 0.15) is 0 Å². The van der Waals surface area contributed by atoms with E-state index >= 15 is 0 Å². The standard InChI is InChI=1S/C27H34Cl3NO4/c1-2-24(19-6-9-22(29)27-20(26(19)27)7-10-25(33)34)35-15-18(32)14-31-11-3-4-17(31)12-16-5-8-21(28)23(30)13-16/h5-6,8-9,13,17-18,20,24,26-27,32H,2-4,7,10-12,14-15H2,1H3,(H,33,34). The molecule has 1 aromatic rings. The summed E-state index contributed by atoms with van der Waals surface area (Å²) in [6, 6.07) is 6.15. The minimum atomic E-state index is -0.773. The first-order valence-electron chi connectivity index (χ1n) is 12.5. The van der Waals surface area contributed by atoms with Crippen molar-refractivity contribution >= 4 is 40.8 Å². The van der Waals surface area contributed by atoms with E-state index in [2.05, 4.69) is 11.8 Å². The maximum absolute atomic E-state index is 11.0. The zero-order valence-corrected chi connectivity index (χ0v) is 22.3. The lowest BCUT2D eigenvalue weighted by Gasteiger charge is -2.28. The highest BCUT2D eigenvalue weighted by atomic mass is 35.5. The zero-order valence-electron chi connectivity index (χ0n) is 20.0. The number of halogens is 3. The summed E-state index contributed by atoms with van der Waals surface area (Å²) in [4.78, 5) is 13.4. The van der Waals surface area contributed by atoms with Crippen LogP contribution in [0.4, 0.5) is 0 Å². The summed E-state index contributed by atoms with van der Waals surface area (Å²) in [5.41, 5.74) is 2.34. The summed E-state index contributed by atoms with van der Waals surface area (Å²) < 4.78 is 6.23. The Morgan fingerprint density at radius 1 is 1.20 bits per heavy atom. The van der Waals surface area contributed by atoms with Gasteiger partial charge < -0.3 is 14.9 Å². The molecule has 6 atom stereocenters. The molecule has 8 heteroatoms. The first kappa shape index (κ1) is 27.0. The van der Waals surface area contributed by atoms with Crippen LogP contribution >= 0.6 is 34.8 Å². The molecule has 1 heterocycles. The Morgan fingerprint density at radius 3 is 2.71 bits per heavy atom. The van der Waals surface area contributed by atoms with E-state index in [0.29, 0.717) is 29.1 Å². The predicted octanol–water partition coefficient (Wildman–Crippen LogP) is 5.95. The molecule has 2 aliphatic carbocycles. The predicted molar refractivity (Wildman–Crippen MR) is 140 cm³/mol. The average Bonchev–Trinajstić information content (AvgIpc) is 3.41. The Balaban J connectivity index is 1.29. The zero-order chi connectivity index (χ0) is 25.1. The van der Waals surface area contributed by atoms with Crippen LogP contribution in [-0.2, 0) is 16.0 Å². The van der Waals surface area contributed by atoms with Crippen molar-refractivity contribution in [2.45, 2.75) is 63.7 Å². The second-order valence-electron chi connectivity index (χ2n) is 9.99. The summed E-state index contributed by atoms with van der Waals surface area (Å²) in [6.45, 7) is 3.87. The van der Waals surface area contributed by atoms with Gasteiger partial charge in [0.15, 0.2) is 0 Å². The highest BCUT2D eigenvalue weighted by Crippen LogP contribution is 2.60. The van der Waals surface area contributed by atoms with Gasteiger partial charge in [-0.15, -0.1) is 0 Å². The summed E-state index contributed by atoms with van der Waals surface area (Å²) in [7, 11) is 0. The van der Waals surface area contributed by atoms with Crippen LogP contribution in [0.15, 0.2) is 41.0 Å². The Morgan fingerprint density at radius 2 is 2.00 bits per heavy atom. The number of β-amino-alcohol motifs (C(OH)–C–C–N with tert-alkyl or cyclic N) is 1. The molecule has 2 N–H and O–H groups in total. The number of aliphatic hydroxyl groups is 1. The molecular formula is C27H34Cl3NO4. The van der Waals surface area contributed by atoms with Crippen LogP contribution in [0, 0.1) is 17.8 Å². The van der Waals surface area contributed by atoms with Crippen LogP contribution in [-0.4, -0.2) is 59.0 Å². The lowest BCUT2D eigenvalue weighted by molar-refractivity contribution is -0.137. The van der Waals surface area contributed by atoms with E-state index in [-0.39, 0.29) is 36.9 Å². The van der Waals surface area contributed by atoms with Gasteiger partial charge in [-0.1, -0.05) is 53.9 Å². The Bertz CT molecular complexity index is 981. The van der Waals surface area contributed by atoms with Crippen molar-refractivity contribution < 1.29 is 19.7 Å². The van der Waals surface area contributed by atoms with Gasteiger partial charge in [-0.25, -0.2) is 0 Å². The van der Waals surface area contributed by atoms with Crippen molar-refractivity contribution in [2.75, 3.05) is 19.7 Å². The molecule has 6 unspecified atom stereocenters. The minimum Gasteiger partial charge on any atom is -0.481 e. The molecule has 35 heavy (non-hydrogen) atoms. The van der Waals surface area contributed by atoms with Gasteiger partial charge in [0, 0.05) is 30.0 Å². The third-order valence-electron chi connectivity index (χ3n) is 7.63. The van der Waals surface area contributed by atoms with Gasteiger partial charge in [0.2, 0.25) is 0 Å². The fourth-order valence-electron chi connectivity index (χ4n) is 5.88. The molecule has 1 aliphatic heterocycles. The third kappa shape index (κ3) is 6.63. The van der Waals surface area contributed by atoms with Gasteiger partial charge in [-0.3, -0.25) is 9.69 Å². The van der Waals surface area contributed by atoms with Crippen molar-refractivity contribution in [3.63, 3.8) is 0 Å². The number of nitrogens with zero attached hydrogens (tertiary/aromatic N) is 1. The smallest absolute Gasteiger partial charge is 0.303 e. The lowest BCUT2D eigenvalue weighted by Crippen LogP contribution is -2.39. The average molecular weight is 543 g/mol. The molecule has 5 nitrogen and oxygen atoms in total. The number of benzene rings is 1. The Hall–Kier alpha value is -1.08. The number of ether oxygens (including phenoxy) is 1. The number of hydrogen-bond donors (Lipinski definition) is 2. The molecule has 1 saturated heterocycles. The van der Waals surface area contributed by atoms with Crippen molar-refractivity contribution in [3.8, 4) is 0 Å². The highest BCUT2D eigenvalue weighted by Gasteiger charge is 2.55. The van der Waals surface area contributed by atoms with Crippen molar-refractivity contribution in [2.24, 2.45) is 17.8 Å². The number of rotatable bonds is 12. The monoisotopic (exact) mass is 541 g/mol. The molecule has 0 amide bonds. The van der Waals surface area contributed by atoms with E-state index in [9.17, 15) is 9.90 Å². The molecule has 4 rings (SSSR count). The lowest BCUT2D eigenvalue weighted by atomic mass is 9.96. The summed E-state index contributed by atoms with van der Waals surface area (Å²) in [5, 5.41) is 21.8. The third-order valence-corrected chi connectivity index (χ3v) is 8.75. The molecule has 1 aromatic carbocycles. The maximum atomic E-state index is 11.0. The fourth-order valence-corrected chi connectivity index (χ4v) is 6.56. The van der Waals surface area contributed by atoms with Crippen molar-refractivity contribution in [1.82, 2.24) is 4.90 Å². The van der Waals surface area contributed by atoms with Crippen LogP contribution in [0.2, 0.25) is 10.0 Å². The fraction of sp³-hybridized carbons (Fsp3) is 0.593. The number of allylic oxidation sites excluding steroid dienone is 3. The first-order valence-corrected chi connectivity index (χ1v) is 13.7. The molecule has 0 bridgehead atoms. The number of fused-ring (bicyclic) bond motifs is 1. The molecule has 192 valence electrons.